The molecule has 0 saturated heterocycles. The lowest BCUT2D eigenvalue weighted by Gasteiger charge is -2.11. The van der Waals surface area contributed by atoms with E-state index in [2.05, 4.69) is 5.32 Å². The fourth-order valence-corrected chi connectivity index (χ4v) is 1.97. The topological polar surface area (TPSA) is 58.6 Å². The molecule has 4 nitrogen and oxygen atoms in total. The number of amides is 1. The highest BCUT2D eigenvalue weighted by atomic mass is 16.5. The van der Waals surface area contributed by atoms with E-state index in [9.17, 15) is 9.90 Å². The maximum absolute atomic E-state index is 12.2. The van der Waals surface area contributed by atoms with Gasteiger partial charge in [-0.2, -0.15) is 0 Å². The van der Waals surface area contributed by atoms with Gasteiger partial charge in [0.15, 0.2) is 0 Å². The Bertz CT molecular complexity index is 650. The minimum absolute atomic E-state index is 0.0759. The van der Waals surface area contributed by atoms with Crippen molar-refractivity contribution in [1.29, 1.82) is 0 Å². The number of nitrogens with one attached hydrogen (secondary N) is 1. The first-order valence-corrected chi connectivity index (χ1v) is 6.27. The van der Waals surface area contributed by atoms with Gasteiger partial charge in [0.25, 0.3) is 5.91 Å². The molecule has 0 aromatic heterocycles. The molecule has 104 valence electrons. The van der Waals surface area contributed by atoms with E-state index in [4.69, 9.17) is 4.74 Å². The number of hydrogen-bond acceptors (Lipinski definition) is 3. The number of aryl methyl sites for hydroxylation is 2. The molecular formula is C16H17NO3. The monoisotopic (exact) mass is 271 g/mol. The predicted molar refractivity (Wildman–Crippen MR) is 78.5 cm³/mol. The van der Waals surface area contributed by atoms with E-state index >= 15 is 0 Å². The summed E-state index contributed by atoms with van der Waals surface area (Å²) in [4.78, 5) is 12.2. The first-order valence-electron chi connectivity index (χ1n) is 6.27. The summed E-state index contributed by atoms with van der Waals surface area (Å²) in [5.74, 6) is 0.0787. The average molecular weight is 271 g/mol. The molecule has 0 radical (unpaired) electrons. The minimum atomic E-state index is -0.367. The van der Waals surface area contributed by atoms with Crippen molar-refractivity contribution in [3.63, 3.8) is 0 Å². The molecule has 4 heteroatoms. The Morgan fingerprint density at radius 2 is 1.90 bits per heavy atom. The zero-order valence-electron chi connectivity index (χ0n) is 11.7. The second-order valence-corrected chi connectivity index (χ2v) is 4.66. The van der Waals surface area contributed by atoms with Gasteiger partial charge in [0, 0.05) is 5.69 Å². The molecule has 1 amide bonds. The molecule has 0 saturated carbocycles. The van der Waals surface area contributed by atoms with E-state index in [-0.39, 0.29) is 17.2 Å². The van der Waals surface area contributed by atoms with E-state index in [1.165, 1.54) is 19.2 Å². The number of aromatic hydroxyl groups is 1. The maximum atomic E-state index is 12.2. The van der Waals surface area contributed by atoms with Crippen LogP contribution in [0.5, 0.6) is 11.5 Å². The van der Waals surface area contributed by atoms with Crippen LogP contribution in [0.4, 0.5) is 5.69 Å². The highest BCUT2D eigenvalue weighted by Gasteiger charge is 2.13. The summed E-state index contributed by atoms with van der Waals surface area (Å²) in [6, 6.07) is 10.3. The van der Waals surface area contributed by atoms with Crippen molar-refractivity contribution in [2.45, 2.75) is 13.8 Å². The number of methoxy groups -OCH3 is 1. The molecule has 2 aromatic carbocycles. The number of ether oxygens (including phenoxy) is 1. The number of hydrogen-bond donors (Lipinski definition) is 2. The zero-order valence-corrected chi connectivity index (χ0v) is 11.7. The number of carbonyl (C=O) groups is 1. The van der Waals surface area contributed by atoms with Gasteiger partial charge in [-0.25, -0.2) is 0 Å². The van der Waals surface area contributed by atoms with E-state index < -0.39 is 0 Å². The highest BCUT2D eigenvalue weighted by molar-refractivity contribution is 6.06. The van der Waals surface area contributed by atoms with Crippen molar-refractivity contribution in [2.24, 2.45) is 0 Å². The smallest absolute Gasteiger partial charge is 0.259 e. The molecule has 0 aliphatic heterocycles. The molecule has 0 spiro atoms. The molecule has 2 aromatic rings. The predicted octanol–water partition coefficient (Wildman–Crippen LogP) is 3.27. The Hall–Kier alpha value is -2.49. The van der Waals surface area contributed by atoms with Gasteiger partial charge in [-0.1, -0.05) is 17.7 Å². The first-order chi connectivity index (χ1) is 9.51. The summed E-state index contributed by atoms with van der Waals surface area (Å²) in [7, 11) is 1.51. The lowest BCUT2D eigenvalue weighted by atomic mass is 10.1. The SMILES string of the molecule is COc1ccc(O)c(C(=O)Nc2ccc(C)cc2C)c1. The number of benzene rings is 2. The summed E-state index contributed by atoms with van der Waals surface area (Å²) < 4.78 is 5.06. The molecule has 2 rings (SSSR count). The third kappa shape index (κ3) is 2.91. The molecule has 0 atom stereocenters. The van der Waals surface area contributed by atoms with Gasteiger partial charge in [-0.3, -0.25) is 4.79 Å². The molecule has 0 aliphatic rings. The van der Waals surface area contributed by atoms with E-state index in [0.29, 0.717) is 5.75 Å². The summed E-state index contributed by atoms with van der Waals surface area (Å²) in [6.07, 6.45) is 0. The van der Waals surface area contributed by atoms with Crippen molar-refractivity contribution in [3.8, 4) is 11.5 Å². The van der Waals surface area contributed by atoms with Crippen LogP contribution in [-0.2, 0) is 0 Å². The van der Waals surface area contributed by atoms with Crippen LogP contribution in [0.1, 0.15) is 21.5 Å². The molecule has 0 unspecified atom stereocenters. The average Bonchev–Trinajstić information content (AvgIpc) is 2.42. The molecule has 0 bridgehead atoms. The summed E-state index contributed by atoms with van der Waals surface area (Å²) >= 11 is 0. The van der Waals surface area contributed by atoms with E-state index in [1.54, 1.807) is 6.07 Å². The first kappa shape index (κ1) is 13.9. The highest BCUT2D eigenvalue weighted by Crippen LogP contribution is 2.24. The van der Waals surface area contributed by atoms with E-state index in [0.717, 1.165) is 16.8 Å². The van der Waals surface area contributed by atoms with Crippen molar-refractivity contribution in [2.75, 3.05) is 12.4 Å². The number of rotatable bonds is 3. The Kier molecular flexibility index (Phi) is 3.94. The largest absolute Gasteiger partial charge is 0.507 e. The van der Waals surface area contributed by atoms with Crippen LogP contribution in [-0.4, -0.2) is 18.1 Å². The van der Waals surface area contributed by atoms with Gasteiger partial charge < -0.3 is 15.2 Å². The van der Waals surface area contributed by atoms with Crippen LogP contribution in [0.2, 0.25) is 0 Å². The van der Waals surface area contributed by atoms with Crippen LogP contribution in [0.3, 0.4) is 0 Å². The van der Waals surface area contributed by atoms with Crippen molar-refractivity contribution in [1.82, 2.24) is 0 Å². The van der Waals surface area contributed by atoms with Gasteiger partial charge in [-0.15, -0.1) is 0 Å². The second kappa shape index (κ2) is 5.65. The van der Waals surface area contributed by atoms with Crippen molar-refractivity contribution in [3.05, 3.63) is 53.1 Å². The van der Waals surface area contributed by atoms with Crippen LogP contribution >= 0.6 is 0 Å². The van der Waals surface area contributed by atoms with Crippen LogP contribution in [0.15, 0.2) is 36.4 Å². The standard InChI is InChI=1S/C16H17NO3/c1-10-4-6-14(11(2)8-10)17-16(19)13-9-12(20-3)5-7-15(13)18/h4-9,18H,1-3H3,(H,17,19). The van der Waals surface area contributed by atoms with Crippen LogP contribution in [0.25, 0.3) is 0 Å². The quantitative estimate of drug-likeness (QED) is 0.900. The van der Waals surface area contributed by atoms with Gasteiger partial charge in [0.05, 0.1) is 12.7 Å². The third-order valence-corrected chi connectivity index (χ3v) is 3.08. The van der Waals surface area contributed by atoms with Crippen LogP contribution < -0.4 is 10.1 Å². The lowest BCUT2D eigenvalue weighted by Crippen LogP contribution is -2.13. The van der Waals surface area contributed by atoms with Crippen LogP contribution in [0, 0.1) is 13.8 Å². The second-order valence-electron chi connectivity index (χ2n) is 4.66. The molecule has 20 heavy (non-hydrogen) atoms. The normalized spacial score (nSPS) is 10.2. The van der Waals surface area contributed by atoms with E-state index in [1.807, 2.05) is 32.0 Å². The lowest BCUT2D eigenvalue weighted by molar-refractivity contribution is 0.102. The number of carbonyl (C=O) groups excluding carboxylic acids is 1. The zero-order chi connectivity index (χ0) is 14.7. The van der Waals surface area contributed by atoms with Gasteiger partial charge in [0.1, 0.15) is 11.5 Å². The third-order valence-electron chi connectivity index (χ3n) is 3.08. The fraction of sp³-hybridized carbons (Fsp3) is 0.188. The minimum Gasteiger partial charge on any atom is -0.507 e. The number of anilines is 1. The molecule has 0 fully saturated rings. The molecule has 0 aliphatic carbocycles. The van der Waals surface area contributed by atoms with Gasteiger partial charge in [-0.05, 0) is 43.7 Å². The summed E-state index contributed by atoms with van der Waals surface area (Å²) in [5.41, 5.74) is 3.01. The Labute approximate surface area is 118 Å². The summed E-state index contributed by atoms with van der Waals surface area (Å²) in [5, 5.41) is 12.6. The van der Waals surface area contributed by atoms with Crippen molar-refractivity contribution >= 4 is 11.6 Å². The maximum Gasteiger partial charge on any atom is 0.259 e. The molecule has 0 heterocycles. The molecular weight excluding hydrogens is 254 g/mol. The fourth-order valence-electron chi connectivity index (χ4n) is 1.97. The van der Waals surface area contributed by atoms with Crippen molar-refractivity contribution < 1.29 is 14.6 Å². The number of phenolic OH excluding ortho intramolecular Hbond substituents is 1. The Balaban J connectivity index is 2.28. The van der Waals surface area contributed by atoms with Gasteiger partial charge >= 0.3 is 0 Å². The van der Waals surface area contributed by atoms with Gasteiger partial charge in [0.2, 0.25) is 0 Å². The Morgan fingerprint density at radius 1 is 1.15 bits per heavy atom. The Morgan fingerprint density at radius 3 is 2.55 bits per heavy atom. The number of phenols is 1. The summed E-state index contributed by atoms with van der Waals surface area (Å²) in [6.45, 7) is 3.92. The molecule has 2 N–H and O–H groups in total.